The number of nitro benzene ring substituents is 1. The van der Waals surface area contributed by atoms with E-state index in [9.17, 15) is 15.2 Å². The summed E-state index contributed by atoms with van der Waals surface area (Å²) in [5, 5.41) is 23.8. The summed E-state index contributed by atoms with van der Waals surface area (Å²) in [6.07, 6.45) is 0. The molecule has 0 saturated carbocycles. The minimum Gasteiger partial charge on any atom is -0.387 e. The summed E-state index contributed by atoms with van der Waals surface area (Å²) in [5.74, 6) is 0. The number of benzene rings is 1. The SMILES string of the molecule is CN(C)CC(C)(O)CNc1ccccc1[N+](=O)[O-]. The van der Waals surface area contributed by atoms with Crippen LogP contribution in [-0.2, 0) is 0 Å². The van der Waals surface area contributed by atoms with Crippen molar-refractivity contribution in [3.8, 4) is 0 Å². The van der Waals surface area contributed by atoms with Crippen LogP contribution in [0.15, 0.2) is 24.3 Å². The molecule has 1 atom stereocenters. The quantitative estimate of drug-likeness (QED) is 0.590. The Morgan fingerprint density at radius 2 is 2.06 bits per heavy atom. The number of aliphatic hydroxyl groups is 1. The number of rotatable bonds is 6. The number of nitro groups is 1. The number of hydrogen-bond acceptors (Lipinski definition) is 5. The molecule has 0 radical (unpaired) electrons. The fraction of sp³-hybridized carbons (Fsp3) is 0.500. The first-order valence-corrected chi connectivity index (χ1v) is 5.66. The van der Waals surface area contributed by atoms with Gasteiger partial charge in [-0.05, 0) is 27.1 Å². The van der Waals surface area contributed by atoms with E-state index >= 15 is 0 Å². The first-order valence-electron chi connectivity index (χ1n) is 5.66. The lowest BCUT2D eigenvalue weighted by Gasteiger charge is -2.27. The van der Waals surface area contributed by atoms with Crippen molar-refractivity contribution in [1.29, 1.82) is 0 Å². The number of nitrogens with zero attached hydrogens (tertiary/aromatic N) is 2. The van der Waals surface area contributed by atoms with Gasteiger partial charge in [-0.2, -0.15) is 0 Å². The molecule has 0 aliphatic heterocycles. The van der Waals surface area contributed by atoms with Crippen LogP contribution in [0.2, 0.25) is 0 Å². The smallest absolute Gasteiger partial charge is 0.292 e. The van der Waals surface area contributed by atoms with E-state index in [-0.39, 0.29) is 12.2 Å². The van der Waals surface area contributed by atoms with Crippen molar-refractivity contribution in [2.45, 2.75) is 12.5 Å². The molecule has 0 aliphatic carbocycles. The Morgan fingerprint density at radius 3 is 2.61 bits per heavy atom. The summed E-state index contributed by atoms with van der Waals surface area (Å²) in [6, 6.07) is 6.39. The lowest BCUT2D eigenvalue weighted by Crippen LogP contribution is -2.43. The van der Waals surface area contributed by atoms with Crippen LogP contribution in [0.25, 0.3) is 0 Å². The molecule has 6 nitrogen and oxygen atoms in total. The maximum atomic E-state index is 10.8. The van der Waals surface area contributed by atoms with Crippen molar-refractivity contribution in [2.75, 3.05) is 32.5 Å². The van der Waals surface area contributed by atoms with Gasteiger partial charge in [0.25, 0.3) is 5.69 Å². The van der Waals surface area contributed by atoms with Crippen LogP contribution in [-0.4, -0.2) is 47.7 Å². The maximum absolute atomic E-state index is 10.8. The Hall–Kier alpha value is -1.66. The third-order valence-electron chi connectivity index (χ3n) is 2.42. The first-order chi connectivity index (χ1) is 8.32. The fourth-order valence-electron chi connectivity index (χ4n) is 1.81. The number of likely N-dealkylation sites (N-methyl/N-ethyl adjacent to an activating group) is 1. The second kappa shape index (κ2) is 5.79. The van der Waals surface area contributed by atoms with Gasteiger partial charge in [-0.3, -0.25) is 10.1 Å². The van der Waals surface area contributed by atoms with Gasteiger partial charge < -0.3 is 15.3 Å². The number of para-hydroxylation sites is 2. The maximum Gasteiger partial charge on any atom is 0.292 e. The van der Waals surface area contributed by atoms with Gasteiger partial charge in [0.2, 0.25) is 0 Å². The Kier molecular flexibility index (Phi) is 4.63. The molecule has 1 rings (SSSR count). The van der Waals surface area contributed by atoms with Crippen LogP contribution in [0, 0.1) is 10.1 Å². The number of hydrogen-bond donors (Lipinski definition) is 2. The van der Waals surface area contributed by atoms with Crippen LogP contribution in [0.1, 0.15) is 6.92 Å². The Labute approximate surface area is 106 Å². The number of nitrogens with one attached hydrogen (secondary N) is 1. The minimum atomic E-state index is -0.951. The van der Waals surface area contributed by atoms with Crippen LogP contribution < -0.4 is 5.32 Å². The van der Waals surface area contributed by atoms with Crippen molar-refractivity contribution in [3.63, 3.8) is 0 Å². The first kappa shape index (κ1) is 14.4. The van der Waals surface area contributed by atoms with Crippen molar-refractivity contribution >= 4 is 11.4 Å². The zero-order valence-electron chi connectivity index (χ0n) is 10.9. The van der Waals surface area contributed by atoms with E-state index in [0.717, 1.165) is 0 Å². The van der Waals surface area contributed by atoms with E-state index in [4.69, 9.17) is 0 Å². The summed E-state index contributed by atoms with van der Waals surface area (Å²) < 4.78 is 0. The summed E-state index contributed by atoms with van der Waals surface area (Å²) >= 11 is 0. The Morgan fingerprint density at radius 1 is 1.44 bits per heavy atom. The van der Waals surface area contributed by atoms with Gasteiger partial charge in [-0.15, -0.1) is 0 Å². The molecule has 2 N–H and O–H groups in total. The third kappa shape index (κ3) is 4.31. The lowest BCUT2D eigenvalue weighted by atomic mass is 10.1. The summed E-state index contributed by atoms with van der Waals surface area (Å²) in [4.78, 5) is 12.2. The Bertz CT molecular complexity index is 419. The van der Waals surface area contributed by atoms with E-state index in [1.165, 1.54) is 6.07 Å². The molecule has 1 aromatic carbocycles. The summed E-state index contributed by atoms with van der Waals surface area (Å²) in [7, 11) is 3.72. The van der Waals surface area contributed by atoms with Crippen LogP contribution in [0.3, 0.4) is 0 Å². The predicted molar refractivity (Wildman–Crippen MR) is 70.8 cm³/mol. The average molecular weight is 253 g/mol. The zero-order chi connectivity index (χ0) is 13.8. The molecule has 0 fully saturated rings. The van der Waals surface area contributed by atoms with E-state index in [2.05, 4.69) is 5.32 Å². The number of anilines is 1. The molecule has 0 spiro atoms. The molecule has 0 aliphatic rings. The van der Waals surface area contributed by atoms with E-state index in [1.807, 2.05) is 19.0 Å². The largest absolute Gasteiger partial charge is 0.387 e. The molecule has 0 amide bonds. The van der Waals surface area contributed by atoms with Gasteiger partial charge >= 0.3 is 0 Å². The van der Waals surface area contributed by atoms with Crippen LogP contribution in [0.5, 0.6) is 0 Å². The second-order valence-electron chi connectivity index (χ2n) is 4.86. The monoisotopic (exact) mass is 253 g/mol. The second-order valence-corrected chi connectivity index (χ2v) is 4.86. The highest BCUT2D eigenvalue weighted by Gasteiger charge is 2.22. The summed E-state index contributed by atoms with van der Waals surface area (Å²) in [5.41, 5.74) is -0.521. The topological polar surface area (TPSA) is 78.6 Å². The minimum absolute atomic E-state index is 0.0122. The zero-order valence-corrected chi connectivity index (χ0v) is 10.9. The van der Waals surface area contributed by atoms with Gasteiger partial charge in [0.1, 0.15) is 5.69 Å². The lowest BCUT2D eigenvalue weighted by molar-refractivity contribution is -0.384. The third-order valence-corrected chi connectivity index (χ3v) is 2.42. The highest BCUT2D eigenvalue weighted by Crippen LogP contribution is 2.23. The molecular weight excluding hydrogens is 234 g/mol. The van der Waals surface area contributed by atoms with Gasteiger partial charge in [-0.25, -0.2) is 0 Å². The standard InChI is InChI=1S/C12H19N3O3/c1-12(16,9-14(2)3)8-13-10-6-4-5-7-11(10)15(17)18/h4-7,13,16H,8-9H2,1-3H3. The molecule has 100 valence electrons. The molecule has 1 unspecified atom stereocenters. The van der Waals surface area contributed by atoms with Gasteiger partial charge in [0, 0.05) is 19.2 Å². The van der Waals surface area contributed by atoms with E-state index in [0.29, 0.717) is 12.2 Å². The fourth-order valence-corrected chi connectivity index (χ4v) is 1.81. The molecule has 0 saturated heterocycles. The molecule has 0 bridgehead atoms. The van der Waals surface area contributed by atoms with Gasteiger partial charge in [-0.1, -0.05) is 12.1 Å². The molecule has 6 heteroatoms. The molecule has 18 heavy (non-hydrogen) atoms. The molecule has 0 heterocycles. The Balaban J connectivity index is 2.71. The van der Waals surface area contributed by atoms with Gasteiger partial charge in [0.15, 0.2) is 0 Å². The van der Waals surface area contributed by atoms with E-state index < -0.39 is 10.5 Å². The summed E-state index contributed by atoms with van der Waals surface area (Å²) in [6.45, 7) is 2.41. The highest BCUT2D eigenvalue weighted by molar-refractivity contribution is 5.61. The van der Waals surface area contributed by atoms with Crippen LogP contribution in [0.4, 0.5) is 11.4 Å². The highest BCUT2D eigenvalue weighted by atomic mass is 16.6. The molecule has 0 aromatic heterocycles. The van der Waals surface area contributed by atoms with Crippen molar-refractivity contribution in [2.24, 2.45) is 0 Å². The van der Waals surface area contributed by atoms with Crippen molar-refractivity contribution < 1.29 is 10.0 Å². The van der Waals surface area contributed by atoms with Crippen LogP contribution >= 0.6 is 0 Å². The van der Waals surface area contributed by atoms with Gasteiger partial charge in [0.05, 0.1) is 10.5 Å². The average Bonchev–Trinajstić information content (AvgIpc) is 2.25. The normalized spacial score (nSPS) is 14.3. The molecule has 1 aromatic rings. The molecular formula is C12H19N3O3. The van der Waals surface area contributed by atoms with Crippen molar-refractivity contribution in [3.05, 3.63) is 34.4 Å². The predicted octanol–water partition coefficient (Wildman–Crippen LogP) is 1.32. The van der Waals surface area contributed by atoms with Crippen molar-refractivity contribution in [1.82, 2.24) is 4.90 Å². The van der Waals surface area contributed by atoms with E-state index in [1.54, 1.807) is 25.1 Å².